The normalized spacial score (nSPS) is 19.1. The number of morpholine rings is 1. The predicted octanol–water partition coefficient (Wildman–Crippen LogP) is 2.20. The van der Waals surface area contributed by atoms with Crippen LogP contribution in [0.15, 0.2) is 36.8 Å². The fourth-order valence-corrected chi connectivity index (χ4v) is 2.58. The Morgan fingerprint density at radius 1 is 1.41 bits per heavy atom. The number of halogens is 1. The van der Waals surface area contributed by atoms with E-state index in [2.05, 4.69) is 14.9 Å². The molecular formula is C16H18FN3O2. The lowest BCUT2D eigenvalue weighted by Crippen LogP contribution is -2.38. The van der Waals surface area contributed by atoms with E-state index in [4.69, 9.17) is 9.47 Å². The van der Waals surface area contributed by atoms with Crippen LogP contribution in [0.4, 0.5) is 4.39 Å². The van der Waals surface area contributed by atoms with Crippen molar-refractivity contribution in [1.82, 2.24) is 14.9 Å². The standard InChI is InChI=1S/C16H18FN3O2/c1-21-14-4-2-3-12(16(14)17)10-20-7-8-22-15(11-20)13-9-18-5-6-19-13/h2-6,9,15H,7-8,10-11H2,1H3/t15-/m1/s1. The van der Waals surface area contributed by atoms with Crippen LogP contribution in [0.5, 0.6) is 5.75 Å². The molecule has 6 heteroatoms. The van der Waals surface area contributed by atoms with E-state index in [1.165, 1.54) is 7.11 Å². The third-order valence-electron chi connectivity index (χ3n) is 3.72. The van der Waals surface area contributed by atoms with Gasteiger partial charge in [0.2, 0.25) is 0 Å². The SMILES string of the molecule is COc1cccc(CN2CCO[C@@H](c3cnccn3)C2)c1F. The van der Waals surface area contributed by atoms with Crippen LogP contribution < -0.4 is 4.74 Å². The van der Waals surface area contributed by atoms with Crippen molar-refractivity contribution in [2.45, 2.75) is 12.6 Å². The Morgan fingerprint density at radius 2 is 2.32 bits per heavy atom. The molecule has 5 nitrogen and oxygen atoms in total. The van der Waals surface area contributed by atoms with Gasteiger partial charge in [0.05, 0.1) is 25.6 Å². The Labute approximate surface area is 128 Å². The number of hydrogen-bond acceptors (Lipinski definition) is 5. The molecule has 3 rings (SSSR count). The summed E-state index contributed by atoms with van der Waals surface area (Å²) in [5.41, 5.74) is 1.43. The van der Waals surface area contributed by atoms with Crippen molar-refractivity contribution >= 4 is 0 Å². The van der Waals surface area contributed by atoms with Gasteiger partial charge < -0.3 is 9.47 Å². The van der Waals surface area contributed by atoms with Crippen LogP contribution in [0.25, 0.3) is 0 Å². The van der Waals surface area contributed by atoms with Crippen molar-refractivity contribution in [3.05, 3.63) is 53.9 Å². The maximum absolute atomic E-state index is 14.2. The van der Waals surface area contributed by atoms with Gasteiger partial charge in [0.1, 0.15) is 6.10 Å². The highest BCUT2D eigenvalue weighted by molar-refractivity contribution is 5.31. The summed E-state index contributed by atoms with van der Waals surface area (Å²) in [6.07, 6.45) is 4.87. The van der Waals surface area contributed by atoms with Crippen molar-refractivity contribution in [3.63, 3.8) is 0 Å². The molecule has 1 aromatic heterocycles. The molecule has 22 heavy (non-hydrogen) atoms. The average Bonchev–Trinajstić information content (AvgIpc) is 2.58. The van der Waals surface area contributed by atoms with E-state index in [9.17, 15) is 4.39 Å². The Morgan fingerprint density at radius 3 is 3.09 bits per heavy atom. The monoisotopic (exact) mass is 303 g/mol. The Hall–Kier alpha value is -2.05. The van der Waals surface area contributed by atoms with Gasteiger partial charge in [-0.1, -0.05) is 12.1 Å². The van der Waals surface area contributed by atoms with Gasteiger partial charge in [-0.15, -0.1) is 0 Å². The highest BCUT2D eigenvalue weighted by atomic mass is 19.1. The van der Waals surface area contributed by atoms with Crippen molar-refractivity contribution in [1.29, 1.82) is 0 Å². The van der Waals surface area contributed by atoms with E-state index < -0.39 is 0 Å². The Kier molecular flexibility index (Phi) is 4.60. The fraction of sp³-hybridized carbons (Fsp3) is 0.375. The molecule has 2 aromatic rings. The molecule has 1 aliphatic rings. The largest absolute Gasteiger partial charge is 0.494 e. The van der Waals surface area contributed by atoms with Gasteiger partial charge in [0, 0.05) is 37.6 Å². The van der Waals surface area contributed by atoms with E-state index in [1.807, 2.05) is 0 Å². The summed E-state index contributed by atoms with van der Waals surface area (Å²) in [5.74, 6) is -0.0243. The molecule has 2 heterocycles. The number of nitrogens with zero attached hydrogens (tertiary/aromatic N) is 3. The molecule has 1 fully saturated rings. The summed E-state index contributed by atoms with van der Waals surface area (Å²) in [6.45, 7) is 2.53. The lowest BCUT2D eigenvalue weighted by Gasteiger charge is -2.32. The summed E-state index contributed by atoms with van der Waals surface area (Å²) in [6, 6.07) is 5.21. The Balaban J connectivity index is 1.71. The van der Waals surface area contributed by atoms with Gasteiger partial charge in [-0.05, 0) is 6.07 Å². The molecule has 0 amide bonds. The third kappa shape index (κ3) is 3.23. The summed E-state index contributed by atoms with van der Waals surface area (Å²) >= 11 is 0. The first-order chi connectivity index (χ1) is 10.8. The molecule has 0 N–H and O–H groups in total. The van der Waals surface area contributed by atoms with Gasteiger partial charge >= 0.3 is 0 Å². The molecule has 1 aromatic carbocycles. The number of hydrogen-bond donors (Lipinski definition) is 0. The van der Waals surface area contributed by atoms with Gasteiger partial charge in [0.15, 0.2) is 11.6 Å². The average molecular weight is 303 g/mol. The number of rotatable bonds is 4. The second-order valence-electron chi connectivity index (χ2n) is 5.16. The molecule has 1 saturated heterocycles. The summed E-state index contributed by atoms with van der Waals surface area (Å²) in [4.78, 5) is 10.5. The molecule has 0 saturated carbocycles. The minimum atomic E-state index is -0.299. The zero-order valence-corrected chi connectivity index (χ0v) is 12.4. The zero-order valence-electron chi connectivity index (χ0n) is 12.4. The molecule has 0 bridgehead atoms. The minimum absolute atomic E-state index is 0.129. The van der Waals surface area contributed by atoms with Gasteiger partial charge in [-0.25, -0.2) is 4.39 Å². The molecule has 0 spiro atoms. The zero-order chi connectivity index (χ0) is 15.4. The van der Waals surface area contributed by atoms with Gasteiger partial charge in [-0.3, -0.25) is 14.9 Å². The van der Waals surface area contributed by atoms with Crippen LogP contribution >= 0.6 is 0 Å². The number of ether oxygens (including phenoxy) is 2. The minimum Gasteiger partial charge on any atom is -0.494 e. The van der Waals surface area contributed by atoms with Gasteiger partial charge in [0.25, 0.3) is 0 Å². The van der Waals surface area contributed by atoms with Crippen LogP contribution in [0.1, 0.15) is 17.4 Å². The van der Waals surface area contributed by atoms with E-state index >= 15 is 0 Å². The highest BCUT2D eigenvalue weighted by Crippen LogP contribution is 2.24. The molecule has 0 radical (unpaired) electrons. The van der Waals surface area contributed by atoms with Crippen LogP contribution in [0.2, 0.25) is 0 Å². The second-order valence-corrected chi connectivity index (χ2v) is 5.16. The van der Waals surface area contributed by atoms with Crippen molar-refractivity contribution in [3.8, 4) is 5.75 Å². The van der Waals surface area contributed by atoms with E-state index in [-0.39, 0.29) is 17.7 Å². The summed E-state index contributed by atoms with van der Waals surface area (Å²) in [7, 11) is 1.47. The Bertz CT molecular complexity index is 624. The highest BCUT2D eigenvalue weighted by Gasteiger charge is 2.24. The van der Waals surface area contributed by atoms with Crippen molar-refractivity contribution < 1.29 is 13.9 Å². The molecule has 116 valence electrons. The van der Waals surface area contributed by atoms with Crippen molar-refractivity contribution in [2.75, 3.05) is 26.8 Å². The molecule has 1 atom stereocenters. The first kappa shape index (κ1) is 14.9. The molecule has 1 aliphatic heterocycles. The number of methoxy groups -OCH3 is 1. The summed E-state index contributed by atoms with van der Waals surface area (Å²) < 4.78 is 25.0. The van der Waals surface area contributed by atoms with Crippen molar-refractivity contribution in [2.24, 2.45) is 0 Å². The number of aromatic nitrogens is 2. The molecule has 0 unspecified atom stereocenters. The van der Waals surface area contributed by atoms with E-state index in [1.54, 1.807) is 36.8 Å². The van der Waals surface area contributed by atoms with Gasteiger partial charge in [-0.2, -0.15) is 0 Å². The van der Waals surface area contributed by atoms with Crippen LogP contribution in [0, 0.1) is 5.82 Å². The fourth-order valence-electron chi connectivity index (χ4n) is 2.58. The quantitative estimate of drug-likeness (QED) is 0.866. The second kappa shape index (κ2) is 6.81. The maximum atomic E-state index is 14.2. The predicted molar refractivity (Wildman–Crippen MR) is 79.0 cm³/mol. The first-order valence-corrected chi connectivity index (χ1v) is 7.19. The lowest BCUT2D eigenvalue weighted by molar-refractivity contribution is -0.0354. The summed E-state index contributed by atoms with van der Waals surface area (Å²) in [5, 5.41) is 0. The molecular weight excluding hydrogens is 285 g/mol. The van der Waals surface area contributed by atoms with Crippen LogP contribution in [-0.4, -0.2) is 41.7 Å². The maximum Gasteiger partial charge on any atom is 0.169 e. The first-order valence-electron chi connectivity index (χ1n) is 7.19. The molecule has 0 aliphatic carbocycles. The van der Waals surface area contributed by atoms with Crippen LogP contribution in [-0.2, 0) is 11.3 Å². The lowest BCUT2D eigenvalue weighted by atomic mass is 10.1. The van der Waals surface area contributed by atoms with E-state index in [0.717, 1.165) is 12.2 Å². The van der Waals surface area contributed by atoms with E-state index in [0.29, 0.717) is 25.3 Å². The van der Waals surface area contributed by atoms with Crippen LogP contribution in [0.3, 0.4) is 0 Å². The third-order valence-corrected chi connectivity index (χ3v) is 3.72. The smallest absolute Gasteiger partial charge is 0.169 e. The number of benzene rings is 1. The topological polar surface area (TPSA) is 47.5 Å².